The number of hydrogen-bond donors (Lipinski definition) is 2. The van der Waals surface area contributed by atoms with Crippen LogP contribution in [-0.2, 0) is 17.6 Å². The highest BCUT2D eigenvalue weighted by atomic mass is 16.4. The Morgan fingerprint density at radius 1 is 1.00 bits per heavy atom. The fourth-order valence-corrected chi connectivity index (χ4v) is 3.44. The number of carboxylic acid groups (broad SMARTS) is 1. The van der Waals surface area contributed by atoms with Crippen molar-refractivity contribution in [2.45, 2.75) is 91.4 Å². The van der Waals surface area contributed by atoms with Crippen molar-refractivity contribution in [2.75, 3.05) is 0 Å². The summed E-state index contributed by atoms with van der Waals surface area (Å²) in [5.41, 5.74) is 2.77. The van der Waals surface area contributed by atoms with Gasteiger partial charge in [-0.3, -0.25) is 4.79 Å². The van der Waals surface area contributed by atoms with Crippen molar-refractivity contribution in [3.8, 4) is 5.75 Å². The van der Waals surface area contributed by atoms with Crippen molar-refractivity contribution in [1.29, 1.82) is 0 Å². The third-order valence-corrected chi connectivity index (χ3v) is 5.06. The fourth-order valence-electron chi connectivity index (χ4n) is 3.44. The Morgan fingerprint density at radius 3 is 2.16 bits per heavy atom. The van der Waals surface area contributed by atoms with E-state index in [1.807, 2.05) is 26.0 Å². The van der Waals surface area contributed by atoms with E-state index in [1.165, 1.54) is 38.5 Å². The second-order valence-electron chi connectivity index (χ2n) is 7.28. The summed E-state index contributed by atoms with van der Waals surface area (Å²) < 4.78 is 0. The molecule has 1 aromatic rings. The van der Waals surface area contributed by atoms with Crippen LogP contribution in [0.5, 0.6) is 5.75 Å². The van der Waals surface area contributed by atoms with Gasteiger partial charge in [-0.15, -0.1) is 0 Å². The van der Waals surface area contributed by atoms with Crippen LogP contribution < -0.4 is 0 Å². The number of phenols is 1. The maximum absolute atomic E-state index is 11.6. The van der Waals surface area contributed by atoms with E-state index in [1.54, 1.807) is 0 Å². The summed E-state index contributed by atoms with van der Waals surface area (Å²) in [4.78, 5) is 11.6. The number of unbranched alkanes of at least 4 members (excludes halogenated alkanes) is 7. The monoisotopic (exact) mass is 348 g/mol. The maximum atomic E-state index is 11.6. The number of hydrogen-bond acceptors (Lipinski definition) is 2. The lowest BCUT2D eigenvalue weighted by molar-refractivity contribution is -0.142. The number of carboxylic acids is 1. The first-order chi connectivity index (χ1) is 12.0. The number of benzene rings is 1. The molecule has 0 heterocycles. The molecule has 1 rings (SSSR count). The quantitative estimate of drug-likeness (QED) is 0.427. The lowest BCUT2D eigenvalue weighted by Gasteiger charge is -2.15. The van der Waals surface area contributed by atoms with Gasteiger partial charge in [0, 0.05) is 0 Å². The second kappa shape index (κ2) is 11.9. The van der Waals surface area contributed by atoms with Crippen molar-refractivity contribution >= 4 is 5.97 Å². The summed E-state index contributed by atoms with van der Waals surface area (Å²) in [6.07, 6.45) is 11.9. The van der Waals surface area contributed by atoms with E-state index < -0.39 is 5.97 Å². The number of aromatic hydroxyl groups is 1. The van der Waals surface area contributed by atoms with Gasteiger partial charge in [-0.1, -0.05) is 77.3 Å². The minimum atomic E-state index is -0.702. The standard InChI is InChI=1S/C22H36O3/c1-4-6-7-8-9-10-11-12-13-20(22(24)25)16-18-14-17(3)21(23)19(5-2)15-18/h14-15,20,23H,4-13,16H2,1-3H3,(H,24,25). The Labute approximate surface area is 153 Å². The van der Waals surface area contributed by atoms with E-state index in [0.717, 1.165) is 42.4 Å². The van der Waals surface area contributed by atoms with Crippen LogP contribution in [-0.4, -0.2) is 16.2 Å². The molecule has 1 atom stereocenters. The van der Waals surface area contributed by atoms with Crippen molar-refractivity contribution in [2.24, 2.45) is 5.92 Å². The van der Waals surface area contributed by atoms with Crippen molar-refractivity contribution in [3.05, 3.63) is 28.8 Å². The van der Waals surface area contributed by atoms with Gasteiger partial charge in [-0.25, -0.2) is 0 Å². The van der Waals surface area contributed by atoms with Crippen LogP contribution in [0.15, 0.2) is 12.1 Å². The van der Waals surface area contributed by atoms with Gasteiger partial charge < -0.3 is 10.2 Å². The van der Waals surface area contributed by atoms with E-state index in [9.17, 15) is 15.0 Å². The molecule has 0 amide bonds. The number of carbonyl (C=O) groups is 1. The zero-order chi connectivity index (χ0) is 18.7. The van der Waals surface area contributed by atoms with Crippen molar-refractivity contribution in [3.63, 3.8) is 0 Å². The molecule has 3 nitrogen and oxygen atoms in total. The topological polar surface area (TPSA) is 57.5 Å². The van der Waals surface area contributed by atoms with Crippen LogP contribution in [0.25, 0.3) is 0 Å². The van der Waals surface area contributed by atoms with Crippen molar-refractivity contribution < 1.29 is 15.0 Å². The van der Waals surface area contributed by atoms with E-state index in [-0.39, 0.29) is 5.92 Å². The molecule has 0 radical (unpaired) electrons. The van der Waals surface area contributed by atoms with Gasteiger partial charge in [0.25, 0.3) is 0 Å². The van der Waals surface area contributed by atoms with Crippen LogP contribution in [0, 0.1) is 12.8 Å². The Kier molecular flexibility index (Phi) is 10.3. The molecular weight excluding hydrogens is 312 g/mol. The minimum absolute atomic E-state index is 0.325. The molecule has 0 aliphatic carbocycles. The average molecular weight is 349 g/mol. The van der Waals surface area contributed by atoms with Gasteiger partial charge >= 0.3 is 5.97 Å². The first-order valence-corrected chi connectivity index (χ1v) is 10.0. The molecule has 1 aromatic carbocycles. The molecule has 1 unspecified atom stereocenters. The van der Waals surface area contributed by atoms with Gasteiger partial charge in [0.05, 0.1) is 5.92 Å². The third kappa shape index (κ3) is 7.94. The molecular formula is C22H36O3. The smallest absolute Gasteiger partial charge is 0.306 e. The molecule has 3 heteroatoms. The van der Waals surface area contributed by atoms with Crippen LogP contribution in [0.1, 0.15) is 88.3 Å². The van der Waals surface area contributed by atoms with Gasteiger partial charge in [-0.05, 0) is 42.9 Å². The number of rotatable bonds is 13. The largest absolute Gasteiger partial charge is 0.507 e. The van der Waals surface area contributed by atoms with Crippen LogP contribution >= 0.6 is 0 Å². The van der Waals surface area contributed by atoms with Gasteiger partial charge in [0.2, 0.25) is 0 Å². The number of aliphatic carboxylic acids is 1. The van der Waals surface area contributed by atoms with E-state index >= 15 is 0 Å². The van der Waals surface area contributed by atoms with Crippen LogP contribution in [0.4, 0.5) is 0 Å². The van der Waals surface area contributed by atoms with E-state index in [4.69, 9.17) is 0 Å². The highest BCUT2D eigenvalue weighted by Gasteiger charge is 2.18. The van der Waals surface area contributed by atoms with Crippen LogP contribution in [0.2, 0.25) is 0 Å². The highest BCUT2D eigenvalue weighted by Crippen LogP contribution is 2.27. The molecule has 0 aliphatic heterocycles. The Hall–Kier alpha value is -1.51. The predicted molar refractivity (Wildman–Crippen MR) is 104 cm³/mol. The zero-order valence-electron chi connectivity index (χ0n) is 16.3. The average Bonchev–Trinajstić information content (AvgIpc) is 2.58. The summed E-state index contributed by atoms with van der Waals surface area (Å²) in [6, 6.07) is 3.89. The van der Waals surface area contributed by atoms with Crippen LogP contribution in [0.3, 0.4) is 0 Å². The predicted octanol–water partition coefficient (Wildman–Crippen LogP) is 6.04. The van der Waals surface area contributed by atoms with Gasteiger partial charge in [-0.2, -0.15) is 0 Å². The molecule has 142 valence electrons. The first-order valence-electron chi connectivity index (χ1n) is 10.0. The normalized spacial score (nSPS) is 12.3. The second-order valence-corrected chi connectivity index (χ2v) is 7.28. The molecule has 2 N–H and O–H groups in total. The lowest BCUT2D eigenvalue weighted by Crippen LogP contribution is -2.16. The SMILES string of the molecule is CCCCCCCCCCC(Cc1cc(C)c(O)c(CC)c1)C(=O)O. The van der Waals surface area contributed by atoms with E-state index in [2.05, 4.69) is 6.92 Å². The third-order valence-electron chi connectivity index (χ3n) is 5.06. The lowest BCUT2D eigenvalue weighted by atomic mass is 9.91. The number of aryl methyl sites for hydroxylation is 2. The Bertz CT molecular complexity index is 522. The summed E-state index contributed by atoms with van der Waals surface area (Å²) in [6.45, 7) is 6.12. The number of phenolic OH excluding ortho intramolecular Hbond substituents is 1. The fraction of sp³-hybridized carbons (Fsp3) is 0.682. The summed E-state index contributed by atoms with van der Waals surface area (Å²) in [7, 11) is 0. The van der Waals surface area contributed by atoms with E-state index in [0.29, 0.717) is 12.2 Å². The molecule has 0 aromatic heterocycles. The molecule has 0 saturated heterocycles. The summed E-state index contributed by atoms with van der Waals surface area (Å²) >= 11 is 0. The Morgan fingerprint density at radius 2 is 1.60 bits per heavy atom. The molecule has 0 saturated carbocycles. The molecule has 25 heavy (non-hydrogen) atoms. The first kappa shape index (κ1) is 21.5. The van der Waals surface area contributed by atoms with Gasteiger partial charge in [0.15, 0.2) is 0 Å². The minimum Gasteiger partial charge on any atom is -0.507 e. The highest BCUT2D eigenvalue weighted by molar-refractivity contribution is 5.70. The zero-order valence-corrected chi connectivity index (χ0v) is 16.3. The summed E-state index contributed by atoms with van der Waals surface area (Å²) in [5, 5.41) is 19.6. The molecule has 0 fully saturated rings. The molecule has 0 aliphatic rings. The molecule has 0 bridgehead atoms. The summed E-state index contributed by atoms with van der Waals surface area (Å²) in [5.74, 6) is -0.679. The van der Waals surface area contributed by atoms with Crippen molar-refractivity contribution in [1.82, 2.24) is 0 Å². The van der Waals surface area contributed by atoms with Gasteiger partial charge in [0.1, 0.15) is 5.75 Å². The Balaban J connectivity index is 2.45. The molecule has 0 spiro atoms. The maximum Gasteiger partial charge on any atom is 0.306 e.